The van der Waals surface area contributed by atoms with Crippen molar-refractivity contribution >= 4 is 27.7 Å². The van der Waals surface area contributed by atoms with E-state index in [9.17, 15) is 0 Å². The van der Waals surface area contributed by atoms with Gasteiger partial charge in [-0.3, -0.25) is 0 Å². The van der Waals surface area contributed by atoms with Crippen LogP contribution in [-0.2, 0) is 0 Å². The Kier molecular flexibility index (Phi) is 2.85. The molecule has 90 valence electrons. The van der Waals surface area contributed by atoms with E-state index in [2.05, 4.69) is 41.4 Å². The van der Waals surface area contributed by atoms with Crippen molar-refractivity contribution in [3.05, 3.63) is 41.4 Å². The van der Waals surface area contributed by atoms with Crippen LogP contribution >= 0.6 is 22.7 Å². The fourth-order valence-electron chi connectivity index (χ4n) is 1.82. The second-order valence-corrected chi connectivity index (χ2v) is 5.92. The lowest BCUT2D eigenvalue weighted by molar-refractivity contribution is 1.10. The van der Waals surface area contributed by atoms with E-state index in [-0.39, 0.29) is 0 Å². The molecule has 3 aromatic rings. The van der Waals surface area contributed by atoms with Crippen molar-refractivity contribution in [2.45, 2.75) is 6.92 Å². The fourth-order valence-corrected chi connectivity index (χ4v) is 3.22. The Morgan fingerprint density at radius 2 is 2.06 bits per heavy atom. The van der Waals surface area contributed by atoms with E-state index in [1.807, 2.05) is 6.07 Å². The Morgan fingerprint density at radius 3 is 2.72 bits per heavy atom. The second-order valence-electron chi connectivity index (χ2n) is 3.98. The maximum atomic E-state index is 5.80. The molecule has 0 aliphatic carbocycles. The number of aromatic nitrogens is 2. The lowest BCUT2D eigenvalue weighted by Crippen LogP contribution is -1.83. The molecule has 0 amide bonds. The highest BCUT2D eigenvalue weighted by Gasteiger charge is 2.08. The Morgan fingerprint density at radius 1 is 1.17 bits per heavy atom. The molecule has 2 heterocycles. The minimum absolute atomic E-state index is 0.839. The van der Waals surface area contributed by atoms with Gasteiger partial charge in [-0.25, -0.2) is 0 Å². The Bertz CT molecular complexity index is 671. The molecular weight excluding hydrogens is 262 g/mol. The minimum atomic E-state index is 0.839. The molecule has 0 saturated heterocycles. The van der Waals surface area contributed by atoms with E-state index in [1.54, 1.807) is 28.2 Å². The van der Waals surface area contributed by atoms with E-state index in [0.717, 1.165) is 15.6 Å². The third-order valence-electron chi connectivity index (χ3n) is 2.74. The van der Waals surface area contributed by atoms with Crippen LogP contribution in [0.3, 0.4) is 0 Å². The van der Waals surface area contributed by atoms with Crippen molar-refractivity contribution in [2.75, 3.05) is 5.73 Å². The number of nitrogen functional groups attached to an aromatic ring is 1. The number of hydrogen-bond donors (Lipinski definition) is 1. The summed E-state index contributed by atoms with van der Waals surface area (Å²) in [6.45, 7) is 2.11. The van der Waals surface area contributed by atoms with Crippen LogP contribution in [0.25, 0.3) is 21.0 Å². The molecule has 1 aromatic carbocycles. The topological polar surface area (TPSA) is 51.8 Å². The second kappa shape index (κ2) is 4.51. The lowest BCUT2D eigenvalue weighted by atomic mass is 10.0. The zero-order valence-electron chi connectivity index (χ0n) is 9.75. The van der Waals surface area contributed by atoms with Gasteiger partial charge >= 0.3 is 0 Å². The van der Waals surface area contributed by atoms with Crippen molar-refractivity contribution in [3.8, 4) is 21.0 Å². The molecule has 2 N–H and O–H groups in total. The summed E-state index contributed by atoms with van der Waals surface area (Å²) >= 11 is 3.15. The Balaban J connectivity index is 2.12. The quantitative estimate of drug-likeness (QED) is 0.772. The summed E-state index contributed by atoms with van der Waals surface area (Å²) in [5.74, 6) is 0. The first-order chi connectivity index (χ1) is 8.74. The minimum Gasteiger partial charge on any atom is -0.391 e. The summed E-state index contributed by atoms with van der Waals surface area (Å²) in [6.07, 6.45) is 0. The number of hydrogen-bond acceptors (Lipinski definition) is 5. The van der Waals surface area contributed by atoms with Crippen LogP contribution in [0.15, 0.2) is 35.8 Å². The molecule has 0 atom stereocenters. The molecule has 0 bridgehead atoms. The summed E-state index contributed by atoms with van der Waals surface area (Å²) in [7, 11) is 0. The third kappa shape index (κ3) is 2.02. The van der Waals surface area contributed by atoms with Crippen LogP contribution < -0.4 is 5.73 Å². The molecule has 3 rings (SSSR count). The molecule has 0 aliphatic heterocycles. The number of thiophene rings is 1. The van der Waals surface area contributed by atoms with Gasteiger partial charge in [-0.15, -0.1) is 21.5 Å². The molecule has 0 radical (unpaired) electrons. The van der Waals surface area contributed by atoms with Gasteiger partial charge in [0.1, 0.15) is 10.5 Å². The van der Waals surface area contributed by atoms with E-state index in [1.165, 1.54) is 16.0 Å². The molecule has 0 spiro atoms. The average Bonchev–Trinajstić information content (AvgIpc) is 3.01. The number of anilines is 1. The normalized spacial score (nSPS) is 10.7. The van der Waals surface area contributed by atoms with Gasteiger partial charge in [0, 0.05) is 10.4 Å². The van der Waals surface area contributed by atoms with Gasteiger partial charge in [-0.1, -0.05) is 23.5 Å². The van der Waals surface area contributed by atoms with E-state index in [4.69, 9.17) is 5.73 Å². The molecule has 3 nitrogen and oxygen atoms in total. The molecule has 0 saturated carbocycles. The van der Waals surface area contributed by atoms with Gasteiger partial charge in [0.25, 0.3) is 0 Å². The molecule has 18 heavy (non-hydrogen) atoms. The predicted octanol–water partition coefficient (Wildman–Crippen LogP) is 3.82. The van der Waals surface area contributed by atoms with E-state index >= 15 is 0 Å². The van der Waals surface area contributed by atoms with Crippen molar-refractivity contribution in [1.82, 2.24) is 10.2 Å². The average molecular weight is 273 g/mol. The highest BCUT2D eigenvalue weighted by atomic mass is 32.1. The first-order valence-corrected chi connectivity index (χ1v) is 7.16. The zero-order valence-corrected chi connectivity index (χ0v) is 11.4. The highest BCUT2D eigenvalue weighted by molar-refractivity contribution is 7.19. The third-order valence-corrected chi connectivity index (χ3v) is 4.42. The molecule has 5 heteroatoms. The maximum absolute atomic E-state index is 5.80. The maximum Gasteiger partial charge on any atom is 0.147 e. The summed E-state index contributed by atoms with van der Waals surface area (Å²) in [5, 5.41) is 9.77. The van der Waals surface area contributed by atoms with Crippen molar-refractivity contribution in [2.24, 2.45) is 0 Å². The van der Waals surface area contributed by atoms with Crippen molar-refractivity contribution < 1.29 is 0 Å². The Labute approximate surface area is 113 Å². The number of rotatable bonds is 2. The van der Waals surface area contributed by atoms with Crippen LogP contribution in [0.5, 0.6) is 0 Å². The molecule has 0 aliphatic rings. The molecule has 0 fully saturated rings. The first-order valence-electron chi connectivity index (χ1n) is 5.47. The number of aryl methyl sites for hydroxylation is 1. The van der Waals surface area contributed by atoms with Gasteiger partial charge < -0.3 is 5.73 Å². The van der Waals surface area contributed by atoms with E-state index in [0.29, 0.717) is 0 Å². The summed E-state index contributed by atoms with van der Waals surface area (Å²) in [5.41, 5.74) is 11.1. The number of nitrogens with two attached hydrogens (primary N) is 1. The summed E-state index contributed by atoms with van der Waals surface area (Å²) < 4.78 is 0. The fraction of sp³-hybridized carbons (Fsp3) is 0.0769. The standard InChI is InChI=1S/C13H11N3S2/c1-8-2-3-9(13-16-15-7-17-13)6-10(8)11-4-5-12(14)18-11/h2-7H,14H2,1H3. The van der Waals surface area contributed by atoms with Crippen LogP contribution in [0.1, 0.15) is 5.56 Å². The largest absolute Gasteiger partial charge is 0.391 e. The van der Waals surface area contributed by atoms with Gasteiger partial charge in [-0.05, 0) is 36.2 Å². The molecular formula is C13H11N3S2. The number of nitrogens with zero attached hydrogens (tertiary/aromatic N) is 2. The van der Waals surface area contributed by atoms with Gasteiger partial charge in [0.2, 0.25) is 0 Å². The van der Waals surface area contributed by atoms with Gasteiger partial charge in [0.15, 0.2) is 0 Å². The zero-order chi connectivity index (χ0) is 12.5. The molecule has 0 unspecified atom stereocenters. The highest BCUT2D eigenvalue weighted by Crippen LogP contribution is 2.34. The van der Waals surface area contributed by atoms with Crippen LogP contribution in [0, 0.1) is 6.92 Å². The Hall–Kier alpha value is -1.72. The van der Waals surface area contributed by atoms with Gasteiger partial charge in [-0.2, -0.15) is 0 Å². The smallest absolute Gasteiger partial charge is 0.147 e. The van der Waals surface area contributed by atoms with Crippen LogP contribution in [-0.4, -0.2) is 10.2 Å². The molecule has 2 aromatic heterocycles. The first kappa shape index (κ1) is 11.4. The summed E-state index contributed by atoms with van der Waals surface area (Å²) in [6, 6.07) is 10.3. The SMILES string of the molecule is Cc1ccc(-c2nncs2)cc1-c1ccc(N)s1. The van der Waals surface area contributed by atoms with Crippen molar-refractivity contribution in [3.63, 3.8) is 0 Å². The predicted molar refractivity (Wildman–Crippen MR) is 77.8 cm³/mol. The summed E-state index contributed by atoms with van der Waals surface area (Å²) in [4.78, 5) is 1.19. The van der Waals surface area contributed by atoms with E-state index < -0.39 is 0 Å². The number of benzene rings is 1. The van der Waals surface area contributed by atoms with Crippen LogP contribution in [0.2, 0.25) is 0 Å². The van der Waals surface area contributed by atoms with Gasteiger partial charge in [0.05, 0.1) is 5.00 Å². The van der Waals surface area contributed by atoms with Crippen LogP contribution in [0.4, 0.5) is 5.00 Å². The van der Waals surface area contributed by atoms with Crippen molar-refractivity contribution in [1.29, 1.82) is 0 Å². The monoisotopic (exact) mass is 273 g/mol. The lowest BCUT2D eigenvalue weighted by Gasteiger charge is -2.05.